The SMILES string of the molecule is COc1ccc(CNC(=O)C(C)(C)C(=O)Nc2ccc3c(c2)OCO3)cc1. The Morgan fingerprint density at radius 2 is 1.74 bits per heavy atom. The van der Waals surface area contributed by atoms with Crippen LogP contribution in [0.15, 0.2) is 42.5 Å². The van der Waals surface area contributed by atoms with Gasteiger partial charge in [0.2, 0.25) is 18.6 Å². The van der Waals surface area contributed by atoms with Gasteiger partial charge in [0.25, 0.3) is 0 Å². The lowest BCUT2D eigenvalue weighted by Crippen LogP contribution is -2.44. The first kappa shape index (κ1) is 18.6. The highest BCUT2D eigenvalue weighted by atomic mass is 16.7. The molecule has 2 N–H and O–H groups in total. The first-order valence-electron chi connectivity index (χ1n) is 8.52. The Balaban J connectivity index is 1.59. The van der Waals surface area contributed by atoms with Gasteiger partial charge < -0.3 is 24.8 Å². The van der Waals surface area contributed by atoms with Crippen LogP contribution in [0, 0.1) is 5.41 Å². The molecule has 1 aliphatic heterocycles. The fraction of sp³-hybridized carbons (Fsp3) is 0.300. The molecule has 0 saturated carbocycles. The van der Waals surface area contributed by atoms with Crippen molar-refractivity contribution >= 4 is 17.5 Å². The van der Waals surface area contributed by atoms with Crippen LogP contribution in [0.2, 0.25) is 0 Å². The second kappa shape index (κ2) is 7.57. The molecule has 2 amide bonds. The lowest BCUT2D eigenvalue weighted by Gasteiger charge is -2.23. The zero-order valence-corrected chi connectivity index (χ0v) is 15.5. The van der Waals surface area contributed by atoms with Crippen LogP contribution in [0.4, 0.5) is 5.69 Å². The van der Waals surface area contributed by atoms with E-state index in [2.05, 4.69) is 10.6 Å². The van der Waals surface area contributed by atoms with Crippen LogP contribution in [-0.4, -0.2) is 25.7 Å². The van der Waals surface area contributed by atoms with Gasteiger partial charge in [-0.05, 0) is 43.7 Å². The number of amides is 2. The number of carbonyl (C=O) groups is 2. The van der Waals surface area contributed by atoms with Crippen molar-refractivity contribution in [1.82, 2.24) is 5.32 Å². The normalized spacial score (nSPS) is 12.4. The summed E-state index contributed by atoms with van der Waals surface area (Å²) in [6, 6.07) is 12.5. The molecule has 3 rings (SSSR count). The zero-order valence-electron chi connectivity index (χ0n) is 15.5. The molecule has 0 unspecified atom stereocenters. The quantitative estimate of drug-likeness (QED) is 0.764. The highest BCUT2D eigenvalue weighted by Crippen LogP contribution is 2.34. The van der Waals surface area contributed by atoms with Gasteiger partial charge in [-0.3, -0.25) is 9.59 Å². The third-order valence-electron chi connectivity index (χ3n) is 4.38. The molecule has 27 heavy (non-hydrogen) atoms. The van der Waals surface area contributed by atoms with E-state index in [0.717, 1.165) is 11.3 Å². The Kier molecular flexibility index (Phi) is 5.21. The first-order chi connectivity index (χ1) is 12.9. The molecule has 0 aromatic heterocycles. The molecular formula is C20H22N2O5. The number of anilines is 1. The van der Waals surface area contributed by atoms with Gasteiger partial charge in [0.1, 0.15) is 11.2 Å². The molecule has 0 fully saturated rings. The van der Waals surface area contributed by atoms with Crippen molar-refractivity contribution in [3.8, 4) is 17.2 Å². The molecule has 2 aromatic carbocycles. The maximum absolute atomic E-state index is 12.6. The van der Waals surface area contributed by atoms with Crippen LogP contribution in [0.1, 0.15) is 19.4 Å². The van der Waals surface area contributed by atoms with Crippen molar-refractivity contribution < 1.29 is 23.8 Å². The summed E-state index contributed by atoms with van der Waals surface area (Å²) >= 11 is 0. The van der Waals surface area contributed by atoms with Crippen molar-refractivity contribution in [3.05, 3.63) is 48.0 Å². The summed E-state index contributed by atoms with van der Waals surface area (Å²) in [5, 5.41) is 5.55. The minimum atomic E-state index is -1.25. The summed E-state index contributed by atoms with van der Waals surface area (Å²) in [7, 11) is 1.60. The molecule has 0 spiro atoms. The van der Waals surface area contributed by atoms with Gasteiger partial charge in [0.05, 0.1) is 7.11 Å². The van der Waals surface area contributed by atoms with Gasteiger partial charge in [-0.25, -0.2) is 0 Å². The zero-order chi connectivity index (χ0) is 19.4. The minimum absolute atomic E-state index is 0.159. The molecule has 2 aromatic rings. The predicted octanol–water partition coefficient (Wildman–Crippen LogP) is 2.71. The Labute approximate surface area is 157 Å². The van der Waals surface area contributed by atoms with Crippen LogP contribution >= 0.6 is 0 Å². The Hall–Kier alpha value is -3.22. The van der Waals surface area contributed by atoms with Crippen molar-refractivity contribution in [2.75, 3.05) is 19.2 Å². The van der Waals surface area contributed by atoms with E-state index in [0.29, 0.717) is 23.7 Å². The van der Waals surface area contributed by atoms with E-state index >= 15 is 0 Å². The molecule has 0 aliphatic carbocycles. The average molecular weight is 370 g/mol. The Bertz CT molecular complexity index is 846. The van der Waals surface area contributed by atoms with Crippen molar-refractivity contribution in [2.24, 2.45) is 5.41 Å². The van der Waals surface area contributed by atoms with Crippen LogP contribution in [0.3, 0.4) is 0 Å². The number of ether oxygens (including phenoxy) is 3. The van der Waals surface area contributed by atoms with Crippen LogP contribution in [0.25, 0.3) is 0 Å². The maximum Gasteiger partial charge on any atom is 0.239 e. The summed E-state index contributed by atoms with van der Waals surface area (Å²) in [5.41, 5.74) is 0.208. The molecule has 0 atom stereocenters. The summed E-state index contributed by atoms with van der Waals surface area (Å²) < 4.78 is 15.6. The first-order valence-corrected chi connectivity index (χ1v) is 8.52. The number of rotatable bonds is 6. The maximum atomic E-state index is 12.6. The van der Waals surface area contributed by atoms with Crippen LogP contribution in [0.5, 0.6) is 17.2 Å². The van der Waals surface area contributed by atoms with Gasteiger partial charge in [-0.2, -0.15) is 0 Å². The smallest absolute Gasteiger partial charge is 0.239 e. The van der Waals surface area contributed by atoms with Gasteiger partial charge >= 0.3 is 0 Å². The molecule has 0 radical (unpaired) electrons. The standard InChI is InChI=1S/C20H22N2O5/c1-20(2,18(23)21-11-13-4-7-15(25-3)8-5-13)19(24)22-14-6-9-16-17(10-14)27-12-26-16/h4-10H,11-12H2,1-3H3,(H,21,23)(H,22,24). The number of carbonyl (C=O) groups excluding carboxylic acids is 2. The van der Waals surface area contributed by atoms with E-state index in [1.165, 1.54) is 0 Å². The third-order valence-corrected chi connectivity index (χ3v) is 4.38. The third kappa shape index (κ3) is 4.13. The largest absolute Gasteiger partial charge is 0.497 e. The number of hydrogen-bond donors (Lipinski definition) is 2. The number of methoxy groups -OCH3 is 1. The van der Waals surface area contributed by atoms with E-state index in [1.807, 2.05) is 24.3 Å². The van der Waals surface area contributed by atoms with E-state index in [9.17, 15) is 9.59 Å². The second-order valence-corrected chi connectivity index (χ2v) is 6.68. The number of nitrogens with one attached hydrogen (secondary N) is 2. The highest BCUT2D eigenvalue weighted by Gasteiger charge is 2.36. The molecule has 0 saturated heterocycles. The molecular weight excluding hydrogens is 348 g/mol. The summed E-state index contributed by atoms with van der Waals surface area (Å²) in [4.78, 5) is 25.1. The average Bonchev–Trinajstić information content (AvgIpc) is 3.14. The van der Waals surface area contributed by atoms with Gasteiger partial charge in [-0.15, -0.1) is 0 Å². The van der Waals surface area contributed by atoms with Gasteiger partial charge in [0.15, 0.2) is 11.5 Å². The molecule has 1 heterocycles. The molecule has 0 bridgehead atoms. The second-order valence-electron chi connectivity index (χ2n) is 6.68. The summed E-state index contributed by atoms with van der Waals surface area (Å²) in [6.45, 7) is 3.65. The molecule has 7 heteroatoms. The van der Waals surface area contributed by atoms with E-state index in [4.69, 9.17) is 14.2 Å². The van der Waals surface area contributed by atoms with Crippen LogP contribution in [-0.2, 0) is 16.1 Å². The minimum Gasteiger partial charge on any atom is -0.497 e. The topological polar surface area (TPSA) is 85.9 Å². The monoisotopic (exact) mass is 370 g/mol. The van der Waals surface area contributed by atoms with E-state index in [-0.39, 0.29) is 12.7 Å². The molecule has 142 valence electrons. The fourth-order valence-electron chi connectivity index (χ4n) is 2.51. The van der Waals surface area contributed by atoms with Gasteiger partial charge in [-0.1, -0.05) is 12.1 Å². The lowest BCUT2D eigenvalue weighted by molar-refractivity contribution is -0.138. The van der Waals surface area contributed by atoms with Crippen molar-refractivity contribution in [2.45, 2.75) is 20.4 Å². The Morgan fingerprint density at radius 3 is 2.44 bits per heavy atom. The molecule has 1 aliphatic rings. The predicted molar refractivity (Wildman–Crippen MR) is 99.8 cm³/mol. The summed E-state index contributed by atoms with van der Waals surface area (Å²) in [6.07, 6.45) is 0. The fourth-order valence-corrected chi connectivity index (χ4v) is 2.51. The number of fused-ring (bicyclic) bond motifs is 1. The van der Waals surface area contributed by atoms with Crippen molar-refractivity contribution in [1.29, 1.82) is 0 Å². The molecule has 7 nitrogen and oxygen atoms in total. The summed E-state index contributed by atoms with van der Waals surface area (Å²) in [5.74, 6) is 1.16. The van der Waals surface area contributed by atoms with Crippen LogP contribution < -0.4 is 24.8 Å². The van der Waals surface area contributed by atoms with E-state index < -0.39 is 11.3 Å². The van der Waals surface area contributed by atoms with Crippen molar-refractivity contribution in [3.63, 3.8) is 0 Å². The highest BCUT2D eigenvalue weighted by molar-refractivity contribution is 6.09. The van der Waals surface area contributed by atoms with E-state index in [1.54, 1.807) is 39.2 Å². The Morgan fingerprint density at radius 1 is 1.04 bits per heavy atom. The van der Waals surface area contributed by atoms with Gasteiger partial charge in [0, 0.05) is 18.3 Å². The lowest BCUT2D eigenvalue weighted by atomic mass is 9.90. The number of hydrogen-bond acceptors (Lipinski definition) is 5. The number of benzene rings is 2.